The van der Waals surface area contributed by atoms with Crippen LogP contribution in [0.5, 0.6) is 11.5 Å². The number of amides is 2. The summed E-state index contributed by atoms with van der Waals surface area (Å²) in [5.41, 5.74) is 1.17. The predicted octanol–water partition coefficient (Wildman–Crippen LogP) is 5.45. The maximum absolute atomic E-state index is 12.4. The van der Waals surface area contributed by atoms with Crippen LogP contribution >= 0.6 is 11.3 Å². The van der Waals surface area contributed by atoms with E-state index in [1.54, 1.807) is 29.5 Å². The van der Waals surface area contributed by atoms with E-state index in [9.17, 15) is 9.59 Å². The van der Waals surface area contributed by atoms with Gasteiger partial charge in [0, 0.05) is 23.2 Å². The largest absolute Gasteiger partial charge is 0.455 e. The normalized spacial score (nSPS) is 10.5. The molecule has 0 atom stereocenters. The number of carbonyl (C=O) groups excluding carboxylic acids is 2. The molecule has 5 nitrogen and oxygen atoms in total. The molecule has 0 aliphatic heterocycles. The number of hydrogen-bond acceptors (Lipinski definition) is 4. The predicted molar refractivity (Wildman–Crippen MR) is 120 cm³/mol. The van der Waals surface area contributed by atoms with Gasteiger partial charge in [-0.05, 0) is 59.3 Å². The third-order valence-electron chi connectivity index (χ3n) is 4.48. The highest BCUT2D eigenvalue weighted by Gasteiger charge is 2.10. The fourth-order valence-corrected chi connectivity index (χ4v) is 3.76. The number of para-hydroxylation sites is 3. The summed E-state index contributed by atoms with van der Waals surface area (Å²) in [6.07, 6.45) is 0.159. The molecule has 3 aromatic carbocycles. The average molecular weight is 417 g/mol. The molecule has 0 aliphatic carbocycles. The first-order chi connectivity index (χ1) is 14.7. The van der Waals surface area contributed by atoms with Crippen molar-refractivity contribution in [3.8, 4) is 11.5 Å². The number of carbonyl (C=O) groups is 2. The Morgan fingerprint density at radius 2 is 1.70 bits per heavy atom. The Balaban J connectivity index is 1.31. The first kappa shape index (κ1) is 19.7. The van der Waals surface area contributed by atoms with Gasteiger partial charge in [0.05, 0.1) is 5.69 Å². The highest BCUT2D eigenvalue weighted by molar-refractivity contribution is 7.17. The molecule has 6 heteroatoms. The van der Waals surface area contributed by atoms with Gasteiger partial charge in [0.15, 0.2) is 5.75 Å². The molecule has 150 valence electrons. The zero-order valence-electron chi connectivity index (χ0n) is 16.1. The molecule has 30 heavy (non-hydrogen) atoms. The van der Waals surface area contributed by atoms with Crippen LogP contribution in [0.4, 0.5) is 5.69 Å². The molecule has 2 amide bonds. The molecule has 4 rings (SSSR count). The molecular formula is C24H20N2O3S. The Bertz CT molecular complexity index is 1170. The fourth-order valence-electron chi connectivity index (χ4n) is 2.99. The third kappa shape index (κ3) is 4.85. The molecule has 0 radical (unpaired) electrons. The second-order valence-electron chi connectivity index (χ2n) is 6.64. The molecule has 0 bridgehead atoms. The lowest BCUT2D eigenvalue weighted by Crippen LogP contribution is -2.27. The topological polar surface area (TPSA) is 67.4 Å². The van der Waals surface area contributed by atoms with Crippen molar-refractivity contribution in [3.05, 3.63) is 89.8 Å². The highest BCUT2D eigenvalue weighted by Crippen LogP contribution is 2.29. The van der Waals surface area contributed by atoms with Crippen LogP contribution in [-0.2, 0) is 4.79 Å². The number of anilines is 1. The van der Waals surface area contributed by atoms with Crippen LogP contribution in [0, 0.1) is 0 Å². The molecule has 0 aliphatic rings. The van der Waals surface area contributed by atoms with Gasteiger partial charge in [0.25, 0.3) is 5.91 Å². The van der Waals surface area contributed by atoms with Crippen molar-refractivity contribution in [2.45, 2.75) is 6.42 Å². The molecule has 0 fully saturated rings. The first-order valence-electron chi connectivity index (χ1n) is 9.56. The molecule has 0 saturated heterocycles. The van der Waals surface area contributed by atoms with E-state index in [0.717, 1.165) is 10.1 Å². The van der Waals surface area contributed by atoms with Gasteiger partial charge < -0.3 is 15.4 Å². The number of benzene rings is 3. The molecule has 4 aromatic rings. The SMILES string of the molecule is O=C(CCNC(=O)c1ccc2sccc2c1)Nc1ccccc1Oc1ccccc1. The van der Waals surface area contributed by atoms with Crippen molar-refractivity contribution in [3.63, 3.8) is 0 Å². The van der Waals surface area contributed by atoms with E-state index in [4.69, 9.17) is 4.74 Å². The molecule has 1 aromatic heterocycles. The molecule has 0 saturated carbocycles. The Morgan fingerprint density at radius 3 is 2.57 bits per heavy atom. The summed E-state index contributed by atoms with van der Waals surface area (Å²) in [6.45, 7) is 0.244. The zero-order valence-corrected chi connectivity index (χ0v) is 16.9. The lowest BCUT2D eigenvalue weighted by molar-refractivity contribution is -0.116. The third-order valence-corrected chi connectivity index (χ3v) is 5.38. The number of nitrogens with one attached hydrogen (secondary N) is 2. The summed E-state index contributed by atoms with van der Waals surface area (Å²) in [6, 6.07) is 24.2. The van der Waals surface area contributed by atoms with Gasteiger partial charge in [0.1, 0.15) is 5.75 Å². The first-order valence-corrected chi connectivity index (χ1v) is 10.4. The highest BCUT2D eigenvalue weighted by atomic mass is 32.1. The van der Waals surface area contributed by atoms with Crippen LogP contribution in [0.3, 0.4) is 0 Å². The standard InChI is InChI=1S/C24H20N2O3S/c27-23(12-14-25-24(28)18-10-11-22-17(16-18)13-15-30-22)26-20-8-4-5-9-21(20)29-19-6-2-1-3-7-19/h1-11,13,15-16H,12,14H2,(H,25,28)(H,26,27). The van der Waals surface area contributed by atoms with Crippen molar-refractivity contribution >= 4 is 38.9 Å². The van der Waals surface area contributed by atoms with E-state index in [1.807, 2.05) is 66.0 Å². The van der Waals surface area contributed by atoms with E-state index in [1.165, 1.54) is 0 Å². The second kappa shape index (κ2) is 9.24. The quantitative estimate of drug-likeness (QED) is 0.421. The Kier molecular flexibility index (Phi) is 6.06. The Morgan fingerprint density at radius 1 is 0.900 bits per heavy atom. The molecular weight excluding hydrogens is 396 g/mol. The van der Waals surface area contributed by atoms with Crippen LogP contribution < -0.4 is 15.4 Å². The van der Waals surface area contributed by atoms with Crippen LogP contribution in [0.15, 0.2) is 84.2 Å². The molecule has 1 heterocycles. The molecule has 2 N–H and O–H groups in total. The van der Waals surface area contributed by atoms with Gasteiger partial charge in [-0.1, -0.05) is 30.3 Å². The Hall–Kier alpha value is -3.64. The number of hydrogen-bond donors (Lipinski definition) is 2. The van der Waals surface area contributed by atoms with Crippen molar-refractivity contribution in [1.82, 2.24) is 5.32 Å². The fraction of sp³-hybridized carbons (Fsp3) is 0.0833. The van der Waals surface area contributed by atoms with Crippen molar-refractivity contribution in [1.29, 1.82) is 0 Å². The van der Waals surface area contributed by atoms with Gasteiger partial charge in [-0.3, -0.25) is 9.59 Å². The van der Waals surface area contributed by atoms with Crippen LogP contribution in [0.2, 0.25) is 0 Å². The van der Waals surface area contributed by atoms with Crippen molar-refractivity contribution < 1.29 is 14.3 Å². The van der Waals surface area contributed by atoms with Crippen LogP contribution in [0.1, 0.15) is 16.8 Å². The minimum Gasteiger partial charge on any atom is -0.455 e. The van der Waals surface area contributed by atoms with E-state index in [2.05, 4.69) is 10.6 Å². The second-order valence-corrected chi connectivity index (χ2v) is 7.59. The van der Waals surface area contributed by atoms with Crippen LogP contribution in [0.25, 0.3) is 10.1 Å². The van der Waals surface area contributed by atoms with Gasteiger partial charge >= 0.3 is 0 Å². The van der Waals surface area contributed by atoms with Gasteiger partial charge in [-0.25, -0.2) is 0 Å². The average Bonchev–Trinajstić information content (AvgIpc) is 3.24. The summed E-state index contributed by atoms with van der Waals surface area (Å²) in [7, 11) is 0. The summed E-state index contributed by atoms with van der Waals surface area (Å²) >= 11 is 1.64. The minimum atomic E-state index is -0.201. The molecule has 0 unspecified atom stereocenters. The van der Waals surface area contributed by atoms with Gasteiger partial charge in [-0.2, -0.15) is 0 Å². The maximum Gasteiger partial charge on any atom is 0.251 e. The number of thiophene rings is 1. The van der Waals surface area contributed by atoms with Crippen molar-refractivity contribution in [2.75, 3.05) is 11.9 Å². The Labute approximate surface area is 178 Å². The maximum atomic E-state index is 12.4. The van der Waals surface area contributed by atoms with Crippen molar-refractivity contribution in [2.24, 2.45) is 0 Å². The minimum absolute atomic E-state index is 0.159. The zero-order chi connectivity index (χ0) is 20.8. The summed E-state index contributed by atoms with van der Waals surface area (Å²) in [5.74, 6) is 0.857. The number of fused-ring (bicyclic) bond motifs is 1. The monoisotopic (exact) mass is 416 g/mol. The summed E-state index contributed by atoms with van der Waals surface area (Å²) in [4.78, 5) is 24.7. The lowest BCUT2D eigenvalue weighted by atomic mass is 10.1. The smallest absolute Gasteiger partial charge is 0.251 e. The summed E-state index contributed by atoms with van der Waals surface area (Å²) in [5, 5.41) is 8.69. The number of ether oxygens (including phenoxy) is 1. The van der Waals surface area contributed by atoms with Crippen LogP contribution in [-0.4, -0.2) is 18.4 Å². The van der Waals surface area contributed by atoms with E-state index < -0.39 is 0 Å². The van der Waals surface area contributed by atoms with Gasteiger partial charge in [0.2, 0.25) is 5.91 Å². The molecule has 0 spiro atoms. The number of rotatable bonds is 7. The summed E-state index contributed by atoms with van der Waals surface area (Å²) < 4.78 is 7.00. The van der Waals surface area contributed by atoms with E-state index >= 15 is 0 Å². The lowest BCUT2D eigenvalue weighted by Gasteiger charge is -2.12. The van der Waals surface area contributed by atoms with E-state index in [0.29, 0.717) is 22.7 Å². The van der Waals surface area contributed by atoms with E-state index in [-0.39, 0.29) is 24.8 Å². The van der Waals surface area contributed by atoms with Gasteiger partial charge in [-0.15, -0.1) is 11.3 Å².